The van der Waals surface area contributed by atoms with E-state index in [-0.39, 0.29) is 32.3 Å². The van der Waals surface area contributed by atoms with Gasteiger partial charge in [-0.05, 0) is 68.2 Å². The molecule has 4 aromatic rings. The number of nitrogens with one attached hydrogen (secondary N) is 3. The van der Waals surface area contributed by atoms with Crippen LogP contribution in [0.4, 0.5) is 11.6 Å². The van der Waals surface area contributed by atoms with Crippen LogP contribution in [0.25, 0.3) is 16.7 Å². The van der Waals surface area contributed by atoms with Crippen molar-refractivity contribution in [1.29, 1.82) is 5.41 Å². The number of hydrogen-bond acceptors (Lipinski definition) is 6. The van der Waals surface area contributed by atoms with Crippen LogP contribution >= 0.6 is 23.2 Å². The molecule has 0 aliphatic carbocycles. The Morgan fingerprint density at radius 3 is 2.40 bits per heavy atom. The summed E-state index contributed by atoms with van der Waals surface area (Å²) in [7, 11) is 2.17. The number of benzene rings is 2. The molecule has 8 nitrogen and oxygen atoms in total. The van der Waals surface area contributed by atoms with Crippen LogP contribution in [-0.4, -0.2) is 44.6 Å². The topological polar surface area (TPSA) is 103 Å². The summed E-state index contributed by atoms with van der Waals surface area (Å²) in [5, 5.41) is 12.6. The van der Waals surface area contributed by atoms with E-state index in [9.17, 15) is 4.79 Å². The summed E-state index contributed by atoms with van der Waals surface area (Å²) >= 11 is 12.5. The third-order valence-corrected chi connectivity index (χ3v) is 7.40. The summed E-state index contributed by atoms with van der Waals surface area (Å²) in [5.41, 5.74) is 2.14. The zero-order valence-corrected chi connectivity index (χ0v) is 20.9. The first-order valence-electron chi connectivity index (χ1n) is 11.3. The number of nitrogens with zero attached hydrogens (tertiary/aromatic N) is 4. The standard InChI is InChI=1S/C25H25Cl2N7O/c1-25(10-12-33(2)13-11-25)15-6-8-16(9-7-15)30-23-29-14-17-21(28)34(24(35)32-22(17)31-23)20-18(26)4-3-5-19(20)27/h3-9,14,28H,10-13H2,1-2H3,(H2,29,30,31,32,35). The maximum absolute atomic E-state index is 12.9. The van der Waals surface area contributed by atoms with E-state index >= 15 is 0 Å². The Morgan fingerprint density at radius 1 is 1.09 bits per heavy atom. The van der Waals surface area contributed by atoms with Crippen molar-refractivity contribution in [3.63, 3.8) is 0 Å². The van der Waals surface area contributed by atoms with Gasteiger partial charge in [-0.2, -0.15) is 4.98 Å². The zero-order chi connectivity index (χ0) is 24.7. The van der Waals surface area contributed by atoms with Crippen molar-refractivity contribution >= 4 is 45.9 Å². The van der Waals surface area contributed by atoms with Crippen molar-refractivity contribution < 1.29 is 0 Å². The molecular weight excluding hydrogens is 485 g/mol. The van der Waals surface area contributed by atoms with Gasteiger partial charge in [0, 0.05) is 11.9 Å². The molecule has 0 atom stereocenters. The Morgan fingerprint density at radius 2 is 1.74 bits per heavy atom. The minimum absolute atomic E-state index is 0.110. The SMILES string of the molecule is CN1CCC(C)(c2ccc(Nc3ncc4c(=N)n(-c5c(Cl)cccc5Cl)c(=O)[nH]c4n3)cc2)CC1. The van der Waals surface area contributed by atoms with Gasteiger partial charge in [-0.25, -0.2) is 14.3 Å². The first-order valence-corrected chi connectivity index (χ1v) is 12.1. The maximum Gasteiger partial charge on any atom is 0.333 e. The molecule has 0 amide bonds. The second kappa shape index (κ2) is 9.11. The monoisotopic (exact) mass is 509 g/mol. The summed E-state index contributed by atoms with van der Waals surface area (Å²) in [4.78, 5) is 26.7. The van der Waals surface area contributed by atoms with E-state index in [1.54, 1.807) is 18.2 Å². The van der Waals surface area contributed by atoms with Gasteiger partial charge >= 0.3 is 5.69 Å². The average Bonchev–Trinajstić information content (AvgIpc) is 2.83. The Hall–Kier alpha value is -3.20. The minimum Gasteiger partial charge on any atom is -0.324 e. The van der Waals surface area contributed by atoms with Crippen molar-refractivity contribution in [2.45, 2.75) is 25.2 Å². The summed E-state index contributed by atoms with van der Waals surface area (Å²) in [6.45, 7) is 4.52. The van der Waals surface area contributed by atoms with Crippen molar-refractivity contribution in [1.82, 2.24) is 24.4 Å². The third kappa shape index (κ3) is 4.45. The number of piperidine rings is 1. The van der Waals surface area contributed by atoms with E-state index in [0.717, 1.165) is 36.2 Å². The normalized spacial score (nSPS) is 15.9. The molecule has 0 saturated carbocycles. The largest absolute Gasteiger partial charge is 0.333 e. The van der Waals surface area contributed by atoms with Crippen molar-refractivity contribution in [2.24, 2.45) is 0 Å². The van der Waals surface area contributed by atoms with Gasteiger partial charge in [-0.3, -0.25) is 10.4 Å². The number of H-pyrrole nitrogens is 1. The van der Waals surface area contributed by atoms with E-state index in [2.05, 4.69) is 51.3 Å². The highest BCUT2D eigenvalue weighted by Crippen LogP contribution is 2.35. The molecule has 1 saturated heterocycles. The average molecular weight is 510 g/mol. The first-order chi connectivity index (χ1) is 16.7. The fourth-order valence-electron chi connectivity index (χ4n) is 4.49. The third-order valence-electron chi connectivity index (χ3n) is 6.79. The second-order valence-electron chi connectivity index (χ2n) is 9.21. The van der Waals surface area contributed by atoms with Crippen LogP contribution in [0, 0.1) is 5.41 Å². The molecule has 3 N–H and O–H groups in total. The first kappa shape index (κ1) is 23.5. The van der Waals surface area contributed by atoms with E-state index < -0.39 is 5.69 Å². The molecule has 35 heavy (non-hydrogen) atoms. The highest BCUT2D eigenvalue weighted by Gasteiger charge is 2.30. The lowest BCUT2D eigenvalue weighted by Gasteiger charge is -2.38. The van der Waals surface area contributed by atoms with Crippen molar-refractivity contribution in [3.8, 4) is 5.69 Å². The Kier molecular flexibility index (Phi) is 6.13. The number of para-hydroxylation sites is 1. The molecule has 0 radical (unpaired) electrons. The number of anilines is 2. The molecule has 10 heteroatoms. The van der Waals surface area contributed by atoms with Gasteiger partial charge in [0.2, 0.25) is 5.95 Å². The summed E-state index contributed by atoms with van der Waals surface area (Å²) in [5.74, 6) is 0.319. The molecule has 0 bridgehead atoms. The van der Waals surface area contributed by atoms with Crippen LogP contribution in [0.3, 0.4) is 0 Å². The van der Waals surface area contributed by atoms with Gasteiger partial charge < -0.3 is 10.2 Å². The van der Waals surface area contributed by atoms with Crippen LogP contribution in [0.1, 0.15) is 25.3 Å². The number of hydrogen-bond donors (Lipinski definition) is 3. The summed E-state index contributed by atoms with van der Waals surface area (Å²) in [6.07, 6.45) is 3.76. The molecule has 0 unspecified atom stereocenters. The number of halogens is 2. The van der Waals surface area contributed by atoms with Crippen LogP contribution < -0.4 is 16.5 Å². The second-order valence-corrected chi connectivity index (χ2v) is 10.0. The lowest BCUT2D eigenvalue weighted by molar-refractivity contribution is 0.200. The van der Waals surface area contributed by atoms with Gasteiger partial charge in [-0.15, -0.1) is 0 Å². The predicted octanol–water partition coefficient (Wildman–Crippen LogP) is 4.62. The van der Waals surface area contributed by atoms with Gasteiger partial charge in [-0.1, -0.05) is 48.3 Å². The molecule has 1 aliphatic rings. The summed E-state index contributed by atoms with van der Waals surface area (Å²) < 4.78 is 1.12. The molecule has 2 aromatic carbocycles. The maximum atomic E-state index is 12.9. The molecule has 5 rings (SSSR count). The lowest BCUT2D eigenvalue weighted by atomic mass is 9.74. The highest BCUT2D eigenvalue weighted by molar-refractivity contribution is 6.37. The zero-order valence-electron chi connectivity index (χ0n) is 19.4. The predicted molar refractivity (Wildman–Crippen MR) is 139 cm³/mol. The molecule has 180 valence electrons. The number of aromatic nitrogens is 4. The van der Waals surface area contributed by atoms with Gasteiger partial charge in [0.15, 0.2) is 5.65 Å². The molecule has 1 aliphatic heterocycles. The molecule has 2 aromatic heterocycles. The number of fused-ring (bicyclic) bond motifs is 1. The van der Waals surface area contributed by atoms with E-state index in [1.807, 2.05) is 12.1 Å². The molecule has 0 spiro atoms. The van der Waals surface area contributed by atoms with E-state index in [0.29, 0.717) is 11.3 Å². The van der Waals surface area contributed by atoms with Crippen LogP contribution in [0.15, 0.2) is 53.5 Å². The number of likely N-dealkylation sites (tertiary alicyclic amines) is 1. The molecule has 1 fully saturated rings. The quantitative estimate of drug-likeness (QED) is 0.372. The van der Waals surface area contributed by atoms with E-state index in [4.69, 9.17) is 28.6 Å². The number of rotatable bonds is 4. The fourth-order valence-corrected chi connectivity index (χ4v) is 5.06. The Balaban J connectivity index is 1.44. The van der Waals surface area contributed by atoms with E-state index in [1.165, 1.54) is 11.8 Å². The lowest BCUT2D eigenvalue weighted by Crippen LogP contribution is -2.38. The molecular formula is C25H25Cl2N7O. The molecule has 3 heterocycles. The minimum atomic E-state index is -0.571. The Labute approximate surface area is 212 Å². The fraction of sp³-hybridized carbons (Fsp3) is 0.280. The van der Waals surface area contributed by atoms with Crippen molar-refractivity contribution in [2.75, 3.05) is 25.5 Å². The van der Waals surface area contributed by atoms with Gasteiger partial charge in [0.05, 0.1) is 21.1 Å². The van der Waals surface area contributed by atoms with Gasteiger partial charge in [0.1, 0.15) is 5.49 Å². The Bertz CT molecular complexity index is 1500. The highest BCUT2D eigenvalue weighted by atomic mass is 35.5. The van der Waals surface area contributed by atoms with Gasteiger partial charge in [0.25, 0.3) is 0 Å². The van der Waals surface area contributed by atoms with Crippen molar-refractivity contribution in [3.05, 3.63) is 80.2 Å². The summed E-state index contributed by atoms with van der Waals surface area (Å²) in [6, 6.07) is 13.2. The van der Waals surface area contributed by atoms with Crippen LogP contribution in [0.2, 0.25) is 10.0 Å². The smallest absolute Gasteiger partial charge is 0.324 e. The van der Waals surface area contributed by atoms with Crippen LogP contribution in [0.5, 0.6) is 0 Å². The van der Waals surface area contributed by atoms with Crippen LogP contribution in [-0.2, 0) is 5.41 Å². The number of aromatic amines is 1.